The molecular formula is C15H24N2O2S. The molecule has 20 heavy (non-hydrogen) atoms. The number of anilines is 1. The first-order valence-electron chi connectivity index (χ1n) is 7.02. The molecule has 0 aromatic heterocycles. The fourth-order valence-electron chi connectivity index (χ4n) is 3.20. The summed E-state index contributed by atoms with van der Waals surface area (Å²) in [4.78, 5) is 0.370. The number of nitrogens with two attached hydrogens (primary N) is 1. The maximum absolute atomic E-state index is 12.7. The third kappa shape index (κ3) is 2.83. The Morgan fingerprint density at radius 1 is 1.25 bits per heavy atom. The Hall–Kier alpha value is -1.07. The van der Waals surface area contributed by atoms with Crippen LogP contribution in [0, 0.1) is 19.3 Å². The first kappa shape index (κ1) is 15.3. The van der Waals surface area contributed by atoms with Crippen LogP contribution in [-0.4, -0.2) is 14.5 Å². The van der Waals surface area contributed by atoms with Gasteiger partial charge < -0.3 is 5.73 Å². The van der Waals surface area contributed by atoms with Crippen LogP contribution >= 0.6 is 0 Å². The highest BCUT2D eigenvalue weighted by Crippen LogP contribution is 2.38. The number of hydrogen-bond acceptors (Lipinski definition) is 3. The van der Waals surface area contributed by atoms with E-state index < -0.39 is 10.0 Å². The van der Waals surface area contributed by atoms with Crippen LogP contribution in [-0.2, 0) is 10.0 Å². The van der Waals surface area contributed by atoms with Crippen molar-refractivity contribution >= 4 is 15.7 Å². The largest absolute Gasteiger partial charge is 0.399 e. The quantitative estimate of drug-likeness (QED) is 0.842. The molecule has 0 spiro atoms. The van der Waals surface area contributed by atoms with Crippen molar-refractivity contribution in [3.63, 3.8) is 0 Å². The summed E-state index contributed by atoms with van der Waals surface area (Å²) >= 11 is 0. The van der Waals surface area contributed by atoms with Crippen LogP contribution in [0.1, 0.15) is 44.2 Å². The van der Waals surface area contributed by atoms with E-state index in [1.807, 2.05) is 0 Å². The number of aryl methyl sites for hydroxylation is 2. The van der Waals surface area contributed by atoms with Gasteiger partial charge in [-0.15, -0.1) is 0 Å². The molecule has 1 unspecified atom stereocenters. The van der Waals surface area contributed by atoms with Crippen molar-refractivity contribution in [3.8, 4) is 0 Å². The molecule has 1 aliphatic carbocycles. The van der Waals surface area contributed by atoms with E-state index in [0.717, 1.165) is 19.3 Å². The van der Waals surface area contributed by atoms with Crippen molar-refractivity contribution in [2.45, 2.75) is 57.9 Å². The third-order valence-electron chi connectivity index (χ3n) is 4.31. The smallest absolute Gasteiger partial charge is 0.241 e. The van der Waals surface area contributed by atoms with E-state index in [0.29, 0.717) is 21.7 Å². The molecule has 0 amide bonds. The van der Waals surface area contributed by atoms with Gasteiger partial charge in [0.1, 0.15) is 0 Å². The molecule has 5 heteroatoms. The van der Waals surface area contributed by atoms with Gasteiger partial charge in [-0.3, -0.25) is 0 Å². The molecule has 112 valence electrons. The minimum absolute atomic E-state index is 0.00357. The number of rotatable bonds is 3. The van der Waals surface area contributed by atoms with Crippen LogP contribution in [0.2, 0.25) is 0 Å². The van der Waals surface area contributed by atoms with Gasteiger partial charge in [0, 0.05) is 11.7 Å². The molecule has 0 radical (unpaired) electrons. The first-order valence-corrected chi connectivity index (χ1v) is 8.51. The van der Waals surface area contributed by atoms with E-state index in [9.17, 15) is 8.42 Å². The van der Waals surface area contributed by atoms with E-state index >= 15 is 0 Å². The third-order valence-corrected chi connectivity index (χ3v) is 6.08. The average Bonchev–Trinajstić information content (AvgIpc) is 2.55. The van der Waals surface area contributed by atoms with Crippen LogP contribution in [0.5, 0.6) is 0 Å². The summed E-state index contributed by atoms with van der Waals surface area (Å²) in [6, 6.07) is 3.42. The summed E-state index contributed by atoms with van der Waals surface area (Å²) in [5, 5.41) is 0. The Kier molecular flexibility index (Phi) is 3.86. The van der Waals surface area contributed by atoms with Gasteiger partial charge in [0.05, 0.1) is 4.90 Å². The lowest BCUT2D eigenvalue weighted by molar-refractivity contribution is 0.313. The lowest BCUT2D eigenvalue weighted by Gasteiger charge is -2.28. The maximum Gasteiger partial charge on any atom is 0.241 e. The Labute approximate surface area is 121 Å². The molecular weight excluding hydrogens is 272 g/mol. The van der Waals surface area contributed by atoms with E-state index in [1.165, 1.54) is 0 Å². The van der Waals surface area contributed by atoms with Gasteiger partial charge in [-0.05, 0) is 55.4 Å². The van der Waals surface area contributed by atoms with Crippen molar-refractivity contribution in [1.82, 2.24) is 4.72 Å². The summed E-state index contributed by atoms with van der Waals surface area (Å²) < 4.78 is 28.2. The van der Waals surface area contributed by atoms with Crippen LogP contribution < -0.4 is 10.5 Å². The number of nitrogens with one attached hydrogen (secondary N) is 1. The zero-order valence-corrected chi connectivity index (χ0v) is 13.5. The van der Waals surface area contributed by atoms with E-state index in [2.05, 4.69) is 18.6 Å². The molecule has 0 saturated heterocycles. The van der Waals surface area contributed by atoms with Crippen molar-refractivity contribution in [3.05, 3.63) is 23.3 Å². The standard InChI is InChI=1S/C15H24N2O2S/c1-10-8-12(16)9-11(2)14(10)20(18,19)17-13-6-5-7-15(13,3)4/h8-9,13,17H,5-7,16H2,1-4H3. The van der Waals surface area contributed by atoms with E-state index in [1.54, 1.807) is 26.0 Å². The minimum atomic E-state index is -3.50. The predicted molar refractivity (Wildman–Crippen MR) is 82.1 cm³/mol. The lowest BCUT2D eigenvalue weighted by atomic mass is 9.88. The highest BCUT2D eigenvalue weighted by Gasteiger charge is 2.37. The second-order valence-corrected chi connectivity index (χ2v) is 8.19. The molecule has 1 fully saturated rings. The maximum atomic E-state index is 12.7. The van der Waals surface area contributed by atoms with Crippen molar-refractivity contribution in [2.75, 3.05) is 5.73 Å². The molecule has 0 bridgehead atoms. The van der Waals surface area contributed by atoms with Gasteiger partial charge in [0.15, 0.2) is 0 Å². The zero-order valence-electron chi connectivity index (χ0n) is 12.7. The number of benzene rings is 1. The number of sulfonamides is 1. The minimum Gasteiger partial charge on any atom is -0.399 e. The molecule has 0 heterocycles. The molecule has 1 saturated carbocycles. The topological polar surface area (TPSA) is 72.2 Å². The van der Waals surface area contributed by atoms with Crippen molar-refractivity contribution < 1.29 is 8.42 Å². The normalized spacial score (nSPS) is 22.1. The molecule has 1 atom stereocenters. The zero-order chi connectivity index (χ0) is 15.1. The van der Waals surface area contributed by atoms with Gasteiger partial charge in [-0.2, -0.15) is 0 Å². The Bertz CT molecular complexity index is 598. The summed E-state index contributed by atoms with van der Waals surface area (Å²) in [7, 11) is -3.50. The molecule has 4 nitrogen and oxygen atoms in total. The molecule has 1 aliphatic rings. The fourth-order valence-corrected chi connectivity index (χ4v) is 5.09. The highest BCUT2D eigenvalue weighted by atomic mass is 32.2. The molecule has 1 aromatic carbocycles. The van der Waals surface area contributed by atoms with Gasteiger partial charge in [0.2, 0.25) is 10.0 Å². The number of nitrogen functional groups attached to an aromatic ring is 1. The van der Waals surface area contributed by atoms with Gasteiger partial charge >= 0.3 is 0 Å². The Morgan fingerprint density at radius 2 is 1.80 bits per heavy atom. The van der Waals surface area contributed by atoms with E-state index in [-0.39, 0.29) is 11.5 Å². The van der Waals surface area contributed by atoms with Crippen LogP contribution in [0.15, 0.2) is 17.0 Å². The predicted octanol–water partition coefficient (Wildman–Crippen LogP) is 2.74. The summed E-state index contributed by atoms with van der Waals surface area (Å²) in [5.74, 6) is 0. The van der Waals surface area contributed by atoms with Gasteiger partial charge in [0.25, 0.3) is 0 Å². The average molecular weight is 296 g/mol. The van der Waals surface area contributed by atoms with Gasteiger partial charge in [-0.1, -0.05) is 20.3 Å². The lowest BCUT2D eigenvalue weighted by Crippen LogP contribution is -2.41. The second kappa shape index (κ2) is 5.04. The second-order valence-electron chi connectivity index (χ2n) is 6.54. The van der Waals surface area contributed by atoms with E-state index in [4.69, 9.17) is 5.73 Å². The monoisotopic (exact) mass is 296 g/mol. The Morgan fingerprint density at radius 3 is 2.25 bits per heavy atom. The van der Waals surface area contributed by atoms with Crippen LogP contribution in [0.3, 0.4) is 0 Å². The SMILES string of the molecule is Cc1cc(N)cc(C)c1S(=O)(=O)NC1CCCC1(C)C. The van der Waals surface area contributed by atoms with Crippen LogP contribution in [0.4, 0.5) is 5.69 Å². The molecule has 2 rings (SSSR count). The molecule has 3 N–H and O–H groups in total. The summed E-state index contributed by atoms with van der Waals surface area (Å²) in [6.07, 6.45) is 3.03. The molecule has 1 aromatic rings. The van der Waals surface area contributed by atoms with Crippen molar-refractivity contribution in [2.24, 2.45) is 5.41 Å². The summed E-state index contributed by atoms with van der Waals surface area (Å²) in [5.41, 5.74) is 7.78. The van der Waals surface area contributed by atoms with Crippen molar-refractivity contribution in [1.29, 1.82) is 0 Å². The van der Waals surface area contributed by atoms with Gasteiger partial charge in [-0.25, -0.2) is 13.1 Å². The number of hydrogen-bond donors (Lipinski definition) is 2. The molecule has 0 aliphatic heterocycles. The first-order chi connectivity index (χ1) is 9.13. The fraction of sp³-hybridized carbons (Fsp3) is 0.600. The van der Waals surface area contributed by atoms with Crippen LogP contribution in [0.25, 0.3) is 0 Å². The highest BCUT2D eigenvalue weighted by molar-refractivity contribution is 7.89. The Balaban J connectivity index is 2.37. The summed E-state index contributed by atoms with van der Waals surface area (Å²) in [6.45, 7) is 7.82.